The van der Waals surface area contributed by atoms with E-state index in [1.165, 1.54) is 23.9 Å². The van der Waals surface area contributed by atoms with Crippen LogP contribution in [0.25, 0.3) is 0 Å². The molecule has 0 saturated heterocycles. The molecule has 0 unspecified atom stereocenters. The van der Waals surface area contributed by atoms with Crippen molar-refractivity contribution in [3.05, 3.63) is 69.8 Å². The van der Waals surface area contributed by atoms with Crippen LogP contribution in [0.15, 0.2) is 53.4 Å². The highest BCUT2D eigenvalue weighted by atomic mass is 32.2. The first-order valence-corrected chi connectivity index (χ1v) is 8.98. The van der Waals surface area contributed by atoms with Gasteiger partial charge >= 0.3 is 5.97 Å². The SMILES string of the molecule is CCc1ccc(C(=O)COC(=O)[C@@H](C)Sc2ccc([N+](=O)[O-])cc2)cc1. The van der Waals surface area contributed by atoms with Crippen LogP contribution in [-0.4, -0.2) is 28.5 Å². The normalized spacial score (nSPS) is 11.6. The first-order chi connectivity index (χ1) is 12.4. The number of nitro benzene ring substituents is 1. The van der Waals surface area contributed by atoms with Gasteiger partial charge in [-0.05, 0) is 31.0 Å². The summed E-state index contributed by atoms with van der Waals surface area (Å²) in [5.41, 5.74) is 1.63. The quantitative estimate of drug-likeness (QED) is 0.228. The van der Waals surface area contributed by atoms with E-state index in [0.717, 1.165) is 12.0 Å². The fourth-order valence-corrected chi connectivity index (χ4v) is 3.03. The lowest BCUT2D eigenvalue weighted by molar-refractivity contribution is -0.384. The summed E-state index contributed by atoms with van der Waals surface area (Å²) in [5, 5.41) is 10.1. The predicted molar refractivity (Wildman–Crippen MR) is 99.5 cm³/mol. The van der Waals surface area contributed by atoms with Crippen molar-refractivity contribution in [2.45, 2.75) is 30.4 Å². The second kappa shape index (κ2) is 9.15. The van der Waals surface area contributed by atoms with E-state index in [0.29, 0.717) is 10.5 Å². The van der Waals surface area contributed by atoms with Crippen LogP contribution >= 0.6 is 11.8 Å². The van der Waals surface area contributed by atoms with Gasteiger partial charge in [0.15, 0.2) is 12.4 Å². The van der Waals surface area contributed by atoms with Crippen LogP contribution < -0.4 is 0 Å². The van der Waals surface area contributed by atoms with E-state index in [-0.39, 0.29) is 18.1 Å². The lowest BCUT2D eigenvalue weighted by Gasteiger charge is -2.11. The summed E-state index contributed by atoms with van der Waals surface area (Å²) in [6, 6.07) is 13.1. The molecular weight excluding hydrogens is 354 g/mol. The number of hydrogen-bond donors (Lipinski definition) is 0. The number of rotatable bonds is 8. The zero-order valence-corrected chi connectivity index (χ0v) is 15.3. The van der Waals surface area contributed by atoms with Crippen LogP contribution in [0.1, 0.15) is 29.8 Å². The van der Waals surface area contributed by atoms with E-state index in [1.807, 2.05) is 19.1 Å². The fraction of sp³-hybridized carbons (Fsp3) is 0.263. The summed E-state index contributed by atoms with van der Waals surface area (Å²) >= 11 is 1.22. The molecule has 2 aromatic carbocycles. The molecule has 2 rings (SSSR count). The summed E-state index contributed by atoms with van der Waals surface area (Å²) in [6.45, 7) is 3.38. The van der Waals surface area contributed by atoms with Gasteiger partial charge in [0, 0.05) is 22.6 Å². The molecule has 2 aromatic rings. The molecule has 0 aliphatic carbocycles. The van der Waals surface area contributed by atoms with Crippen molar-refractivity contribution >= 4 is 29.2 Å². The molecule has 0 saturated carbocycles. The van der Waals surface area contributed by atoms with E-state index >= 15 is 0 Å². The zero-order chi connectivity index (χ0) is 19.1. The van der Waals surface area contributed by atoms with Crippen LogP contribution in [0.5, 0.6) is 0 Å². The Bertz CT molecular complexity index is 787. The summed E-state index contributed by atoms with van der Waals surface area (Å²) in [7, 11) is 0. The number of carbonyl (C=O) groups excluding carboxylic acids is 2. The van der Waals surface area contributed by atoms with Gasteiger partial charge in [0.25, 0.3) is 5.69 Å². The highest BCUT2D eigenvalue weighted by molar-refractivity contribution is 8.00. The molecular formula is C19H19NO5S. The van der Waals surface area contributed by atoms with E-state index < -0.39 is 16.1 Å². The number of esters is 1. The molecule has 0 amide bonds. The summed E-state index contributed by atoms with van der Waals surface area (Å²) in [4.78, 5) is 35.0. The molecule has 26 heavy (non-hydrogen) atoms. The smallest absolute Gasteiger partial charge is 0.319 e. The molecule has 0 radical (unpaired) electrons. The molecule has 0 aromatic heterocycles. The summed E-state index contributed by atoms with van der Waals surface area (Å²) in [6.07, 6.45) is 0.890. The monoisotopic (exact) mass is 373 g/mol. The third kappa shape index (κ3) is 5.42. The van der Waals surface area contributed by atoms with Crippen LogP contribution in [0, 0.1) is 10.1 Å². The standard InChI is InChI=1S/C19H19NO5S/c1-3-14-4-6-15(7-5-14)18(21)12-25-19(22)13(2)26-17-10-8-16(9-11-17)20(23)24/h4-11,13H,3,12H2,1-2H3/t13-/m1/s1. The van der Waals surface area contributed by atoms with Crippen molar-refractivity contribution in [1.82, 2.24) is 0 Å². The van der Waals surface area contributed by atoms with Gasteiger partial charge in [0.1, 0.15) is 5.25 Å². The molecule has 0 aliphatic rings. The van der Waals surface area contributed by atoms with E-state index in [2.05, 4.69) is 0 Å². The van der Waals surface area contributed by atoms with Gasteiger partial charge in [0.05, 0.1) is 4.92 Å². The van der Waals surface area contributed by atoms with E-state index in [9.17, 15) is 19.7 Å². The molecule has 1 atom stereocenters. The Kier molecular flexibility index (Phi) is 6.91. The maximum atomic E-state index is 12.1. The van der Waals surface area contributed by atoms with Crippen LogP contribution in [0.3, 0.4) is 0 Å². The first kappa shape index (κ1) is 19.7. The number of benzene rings is 2. The molecule has 6 nitrogen and oxygen atoms in total. The number of ether oxygens (including phenoxy) is 1. The molecule has 0 heterocycles. The van der Waals surface area contributed by atoms with Crippen molar-refractivity contribution in [2.24, 2.45) is 0 Å². The highest BCUT2D eigenvalue weighted by Crippen LogP contribution is 2.26. The number of nitro groups is 1. The lowest BCUT2D eigenvalue weighted by atomic mass is 10.1. The van der Waals surface area contributed by atoms with Crippen molar-refractivity contribution < 1.29 is 19.2 Å². The van der Waals surface area contributed by atoms with Gasteiger partial charge in [0.2, 0.25) is 0 Å². The Balaban J connectivity index is 1.85. The Morgan fingerprint density at radius 1 is 1.12 bits per heavy atom. The van der Waals surface area contributed by atoms with Gasteiger partial charge in [-0.3, -0.25) is 19.7 Å². The molecule has 0 spiro atoms. The fourth-order valence-electron chi connectivity index (χ4n) is 2.16. The van der Waals surface area contributed by atoms with Crippen molar-refractivity contribution in [2.75, 3.05) is 6.61 Å². The van der Waals surface area contributed by atoms with Gasteiger partial charge < -0.3 is 4.74 Å². The van der Waals surface area contributed by atoms with Crippen LogP contribution in [-0.2, 0) is 16.0 Å². The Morgan fingerprint density at radius 2 is 1.73 bits per heavy atom. The zero-order valence-electron chi connectivity index (χ0n) is 14.5. The van der Waals surface area contributed by atoms with Gasteiger partial charge in [-0.25, -0.2) is 0 Å². The second-order valence-corrected chi connectivity index (χ2v) is 7.01. The minimum Gasteiger partial charge on any atom is -0.456 e. The Labute approximate surface area is 155 Å². The minimum atomic E-state index is -0.535. The number of aryl methyl sites for hydroxylation is 1. The predicted octanol–water partition coefficient (Wildman–Crippen LogP) is 4.06. The summed E-state index contributed by atoms with van der Waals surface area (Å²) < 4.78 is 5.09. The Morgan fingerprint density at radius 3 is 2.27 bits per heavy atom. The third-order valence-corrected chi connectivity index (χ3v) is 4.81. The van der Waals surface area contributed by atoms with E-state index in [1.54, 1.807) is 31.2 Å². The van der Waals surface area contributed by atoms with Gasteiger partial charge in [-0.1, -0.05) is 31.2 Å². The van der Waals surface area contributed by atoms with Crippen LogP contribution in [0.4, 0.5) is 5.69 Å². The molecule has 7 heteroatoms. The van der Waals surface area contributed by atoms with Crippen LogP contribution in [0.2, 0.25) is 0 Å². The number of hydrogen-bond acceptors (Lipinski definition) is 6. The highest BCUT2D eigenvalue weighted by Gasteiger charge is 2.18. The number of thioether (sulfide) groups is 1. The third-order valence-electron chi connectivity index (χ3n) is 3.72. The largest absolute Gasteiger partial charge is 0.456 e. The number of nitrogens with zero attached hydrogens (tertiary/aromatic N) is 1. The molecule has 0 aliphatic heterocycles. The van der Waals surface area contributed by atoms with Gasteiger partial charge in [-0.15, -0.1) is 11.8 Å². The average Bonchev–Trinajstić information content (AvgIpc) is 2.66. The molecule has 0 N–H and O–H groups in total. The first-order valence-electron chi connectivity index (χ1n) is 8.10. The second-order valence-electron chi connectivity index (χ2n) is 5.59. The minimum absolute atomic E-state index is 0.00994. The lowest BCUT2D eigenvalue weighted by Crippen LogP contribution is -2.21. The van der Waals surface area contributed by atoms with Crippen molar-refractivity contribution in [1.29, 1.82) is 0 Å². The van der Waals surface area contributed by atoms with Crippen molar-refractivity contribution in [3.63, 3.8) is 0 Å². The number of carbonyl (C=O) groups is 2. The number of non-ortho nitro benzene ring substituents is 1. The maximum Gasteiger partial charge on any atom is 0.319 e. The molecule has 0 fully saturated rings. The van der Waals surface area contributed by atoms with E-state index in [4.69, 9.17) is 4.74 Å². The molecule has 136 valence electrons. The number of Topliss-reactive ketones (excluding diaryl/α,β-unsaturated/α-hetero) is 1. The Hall–Kier alpha value is -2.67. The van der Waals surface area contributed by atoms with Gasteiger partial charge in [-0.2, -0.15) is 0 Å². The average molecular weight is 373 g/mol. The topological polar surface area (TPSA) is 86.5 Å². The van der Waals surface area contributed by atoms with Crippen molar-refractivity contribution in [3.8, 4) is 0 Å². The number of ketones is 1. The molecule has 0 bridgehead atoms. The maximum absolute atomic E-state index is 12.1. The summed E-state index contributed by atoms with van der Waals surface area (Å²) in [5.74, 6) is -0.763.